The van der Waals surface area contributed by atoms with Crippen molar-refractivity contribution in [1.82, 2.24) is 14.9 Å². The van der Waals surface area contributed by atoms with Crippen LogP contribution in [-0.4, -0.2) is 15.5 Å². The van der Waals surface area contributed by atoms with Gasteiger partial charge in [0, 0.05) is 11.9 Å². The number of hydrogen-bond acceptors (Lipinski definition) is 4. The molecular weight excluding hydrogens is 334 g/mol. The molecule has 1 amide bonds. The zero-order valence-corrected chi connectivity index (χ0v) is 15.0. The normalized spacial score (nSPS) is 10.6. The molecule has 6 heteroatoms. The van der Waals surface area contributed by atoms with E-state index in [-0.39, 0.29) is 10.8 Å². The molecule has 0 saturated heterocycles. The molecule has 0 aliphatic rings. The van der Waals surface area contributed by atoms with E-state index in [1.807, 2.05) is 56.3 Å². The SMILES string of the molecule is Cc1ccccc1Cn1c(C)c(C(=O)NCc2ccccn2)sc1=O. The Labute approximate surface area is 150 Å². The maximum atomic E-state index is 12.4. The molecule has 128 valence electrons. The summed E-state index contributed by atoms with van der Waals surface area (Å²) in [4.78, 5) is 29.3. The lowest BCUT2D eigenvalue weighted by atomic mass is 10.1. The summed E-state index contributed by atoms with van der Waals surface area (Å²) >= 11 is 0.984. The van der Waals surface area contributed by atoms with Crippen LogP contribution >= 0.6 is 11.3 Å². The summed E-state index contributed by atoms with van der Waals surface area (Å²) in [5.41, 5.74) is 3.67. The van der Waals surface area contributed by atoms with Crippen LogP contribution in [0.3, 0.4) is 0 Å². The molecular formula is C19H19N3O2S. The molecule has 1 aromatic carbocycles. The van der Waals surface area contributed by atoms with Gasteiger partial charge in [-0.05, 0) is 37.1 Å². The number of aromatic nitrogens is 2. The molecule has 2 heterocycles. The van der Waals surface area contributed by atoms with E-state index in [9.17, 15) is 9.59 Å². The van der Waals surface area contributed by atoms with Crippen LogP contribution in [0.4, 0.5) is 0 Å². The fourth-order valence-electron chi connectivity index (χ4n) is 2.58. The third-order valence-corrected chi connectivity index (χ3v) is 5.18. The number of carbonyl (C=O) groups excluding carboxylic acids is 1. The van der Waals surface area contributed by atoms with Gasteiger partial charge < -0.3 is 5.32 Å². The van der Waals surface area contributed by atoms with Gasteiger partial charge in [-0.25, -0.2) is 0 Å². The fourth-order valence-corrected chi connectivity index (χ4v) is 3.49. The molecule has 25 heavy (non-hydrogen) atoms. The summed E-state index contributed by atoms with van der Waals surface area (Å²) in [6.07, 6.45) is 1.68. The second kappa shape index (κ2) is 7.44. The Bertz CT molecular complexity index is 945. The van der Waals surface area contributed by atoms with E-state index in [0.29, 0.717) is 23.7 Å². The number of rotatable bonds is 5. The highest BCUT2D eigenvalue weighted by molar-refractivity contribution is 7.11. The Morgan fingerprint density at radius 2 is 1.92 bits per heavy atom. The van der Waals surface area contributed by atoms with E-state index >= 15 is 0 Å². The first-order valence-corrected chi connectivity index (χ1v) is 8.80. The van der Waals surface area contributed by atoms with Crippen LogP contribution in [0, 0.1) is 13.8 Å². The van der Waals surface area contributed by atoms with Crippen LogP contribution in [0.25, 0.3) is 0 Å². The van der Waals surface area contributed by atoms with E-state index in [2.05, 4.69) is 10.3 Å². The number of thiazole rings is 1. The van der Waals surface area contributed by atoms with Crippen molar-refractivity contribution in [3.63, 3.8) is 0 Å². The fraction of sp³-hybridized carbons (Fsp3) is 0.211. The molecule has 0 aliphatic carbocycles. The van der Waals surface area contributed by atoms with Crippen molar-refractivity contribution in [3.05, 3.63) is 85.7 Å². The number of hydrogen-bond donors (Lipinski definition) is 1. The topological polar surface area (TPSA) is 64.0 Å². The average Bonchev–Trinajstić information content (AvgIpc) is 2.90. The van der Waals surface area contributed by atoms with Crippen LogP contribution in [0.2, 0.25) is 0 Å². The van der Waals surface area contributed by atoms with Crippen molar-refractivity contribution in [3.8, 4) is 0 Å². The lowest BCUT2D eigenvalue weighted by Gasteiger charge is -2.09. The lowest BCUT2D eigenvalue weighted by molar-refractivity contribution is 0.0953. The Morgan fingerprint density at radius 3 is 2.64 bits per heavy atom. The molecule has 3 aromatic rings. The van der Waals surface area contributed by atoms with Gasteiger partial charge in [0.2, 0.25) is 0 Å². The predicted octanol–water partition coefficient (Wildman–Crippen LogP) is 2.90. The highest BCUT2D eigenvalue weighted by Gasteiger charge is 2.18. The first-order valence-electron chi connectivity index (χ1n) is 7.99. The van der Waals surface area contributed by atoms with Gasteiger partial charge in [0.15, 0.2) is 0 Å². The molecule has 0 unspecified atom stereocenters. The van der Waals surface area contributed by atoms with Gasteiger partial charge in [-0.2, -0.15) is 0 Å². The van der Waals surface area contributed by atoms with Crippen molar-refractivity contribution in [2.24, 2.45) is 0 Å². The number of nitrogens with one attached hydrogen (secondary N) is 1. The van der Waals surface area contributed by atoms with Crippen LogP contribution in [0.15, 0.2) is 53.5 Å². The van der Waals surface area contributed by atoms with Gasteiger partial charge in [-0.15, -0.1) is 0 Å². The molecule has 0 saturated carbocycles. The van der Waals surface area contributed by atoms with Gasteiger partial charge >= 0.3 is 4.87 Å². The number of aryl methyl sites for hydroxylation is 1. The number of amides is 1. The van der Waals surface area contributed by atoms with Crippen LogP contribution in [-0.2, 0) is 13.1 Å². The number of benzene rings is 1. The van der Waals surface area contributed by atoms with Crippen molar-refractivity contribution in [1.29, 1.82) is 0 Å². The summed E-state index contributed by atoms with van der Waals surface area (Å²) in [6.45, 7) is 4.64. The number of pyridine rings is 1. The maximum Gasteiger partial charge on any atom is 0.308 e. The van der Waals surface area contributed by atoms with Gasteiger partial charge in [0.25, 0.3) is 5.91 Å². The quantitative estimate of drug-likeness (QED) is 0.767. The molecule has 1 N–H and O–H groups in total. The van der Waals surface area contributed by atoms with E-state index < -0.39 is 0 Å². The van der Waals surface area contributed by atoms with Crippen molar-refractivity contribution < 1.29 is 4.79 Å². The minimum Gasteiger partial charge on any atom is -0.346 e. The summed E-state index contributed by atoms with van der Waals surface area (Å²) in [7, 11) is 0. The Morgan fingerprint density at radius 1 is 1.16 bits per heavy atom. The first kappa shape index (κ1) is 17.1. The second-order valence-corrected chi connectivity index (χ2v) is 6.76. The third-order valence-electron chi connectivity index (χ3n) is 4.10. The minimum absolute atomic E-state index is 0.122. The molecule has 3 rings (SSSR count). The van der Waals surface area contributed by atoms with Crippen LogP contribution in [0.5, 0.6) is 0 Å². The van der Waals surface area contributed by atoms with Gasteiger partial charge in [0.1, 0.15) is 4.88 Å². The maximum absolute atomic E-state index is 12.4. The van der Waals surface area contributed by atoms with Gasteiger partial charge in [0.05, 0.1) is 18.8 Å². The van der Waals surface area contributed by atoms with Crippen molar-refractivity contribution in [2.45, 2.75) is 26.9 Å². The highest BCUT2D eigenvalue weighted by atomic mass is 32.1. The largest absolute Gasteiger partial charge is 0.346 e. The third kappa shape index (κ3) is 3.85. The smallest absolute Gasteiger partial charge is 0.308 e. The first-order chi connectivity index (χ1) is 12.1. The Hall–Kier alpha value is -2.73. The standard InChI is InChI=1S/C19H19N3O2S/c1-13-7-3-4-8-15(13)12-22-14(2)17(25-19(22)24)18(23)21-11-16-9-5-6-10-20-16/h3-10H,11-12H2,1-2H3,(H,21,23). The zero-order chi connectivity index (χ0) is 17.8. The van der Waals surface area contributed by atoms with E-state index in [4.69, 9.17) is 0 Å². The average molecular weight is 353 g/mol. The second-order valence-electron chi connectivity index (χ2n) is 5.80. The molecule has 0 spiro atoms. The van der Waals surface area contributed by atoms with Gasteiger partial charge in [-0.3, -0.25) is 19.1 Å². The van der Waals surface area contributed by atoms with Crippen molar-refractivity contribution >= 4 is 17.2 Å². The molecule has 0 aliphatic heterocycles. The summed E-state index contributed by atoms with van der Waals surface area (Å²) < 4.78 is 1.66. The number of carbonyl (C=O) groups is 1. The predicted molar refractivity (Wildman–Crippen MR) is 99.0 cm³/mol. The molecule has 5 nitrogen and oxygen atoms in total. The molecule has 0 fully saturated rings. The summed E-state index contributed by atoms with van der Waals surface area (Å²) in [5, 5.41) is 2.83. The van der Waals surface area contributed by atoms with Gasteiger partial charge in [-0.1, -0.05) is 41.7 Å². The van der Waals surface area contributed by atoms with Crippen molar-refractivity contribution in [2.75, 3.05) is 0 Å². The highest BCUT2D eigenvalue weighted by Crippen LogP contribution is 2.15. The Kier molecular flexibility index (Phi) is 5.09. The summed E-state index contributed by atoms with van der Waals surface area (Å²) in [5.74, 6) is -0.242. The van der Waals surface area contributed by atoms with E-state index in [1.54, 1.807) is 10.8 Å². The lowest BCUT2D eigenvalue weighted by Crippen LogP contribution is -2.23. The molecule has 0 bridgehead atoms. The van der Waals surface area contributed by atoms with E-state index in [1.165, 1.54) is 0 Å². The minimum atomic E-state index is -0.242. The number of nitrogens with zero attached hydrogens (tertiary/aromatic N) is 2. The Balaban J connectivity index is 1.78. The van der Waals surface area contributed by atoms with Crippen LogP contribution < -0.4 is 10.2 Å². The molecule has 2 aromatic heterocycles. The summed E-state index contributed by atoms with van der Waals surface area (Å²) in [6, 6.07) is 13.5. The molecule has 0 atom stereocenters. The zero-order valence-electron chi connectivity index (χ0n) is 14.2. The monoisotopic (exact) mass is 353 g/mol. The molecule has 0 radical (unpaired) electrons. The van der Waals surface area contributed by atoms with Crippen LogP contribution in [0.1, 0.15) is 32.2 Å². The van der Waals surface area contributed by atoms with E-state index in [0.717, 1.165) is 28.2 Å².